The van der Waals surface area contributed by atoms with E-state index in [1.165, 1.54) is 0 Å². The van der Waals surface area contributed by atoms with Crippen LogP contribution in [0.2, 0.25) is 5.02 Å². The van der Waals surface area contributed by atoms with Crippen molar-refractivity contribution >= 4 is 24.0 Å². The van der Waals surface area contributed by atoms with Crippen LogP contribution in [0.3, 0.4) is 0 Å². The van der Waals surface area contributed by atoms with Gasteiger partial charge in [-0.3, -0.25) is 0 Å². The van der Waals surface area contributed by atoms with Crippen molar-refractivity contribution < 1.29 is 4.74 Å². The first-order valence-electron chi connectivity index (χ1n) is 5.37. The lowest BCUT2D eigenvalue weighted by Gasteiger charge is -2.28. The van der Waals surface area contributed by atoms with Gasteiger partial charge in [-0.2, -0.15) is 0 Å². The molecule has 1 aliphatic rings. The molecule has 0 aromatic heterocycles. The van der Waals surface area contributed by atoms with Crippen LogP contribution in [0, 0.1) is 5.92 Å². The molecule has 2 rings (SSSR count). The SMILES string of the molecule is Cl.N[C@@H](c1ccccc1Cl)C1CCOCC1. The molecular formula is C12H17Cl2NO. The van der Waals surface area contributed by atoms with E-state index in [2.05, 4.69) is 0 Å². The lowest BCUT2D eigenvalue weighted by molar-refractivity contribution is 0.0584. The topological polar surface area (TPSA) is 35.2 Å². The van der Waals surface area contributed by atoms with Crippen molar-refractivity contribution in [3.8, 4) is 0 Å². The summed E-state index contributed by atoms with van der Waals surface area (Å²) < 4.78 is 5.33. The van der Waals surface area contributed by atoms with Crippen molar-refractivity contribution in [3.05, 3.63) is 34.9 Å². The van der Waals surface area contributed by atoms with Crippen LogP contribution in [0.5, 0.6) is 0 Å². The van der Waals surface area contributed by atoms with Gasteiger partial charge < -0.3 is 10.5 Å². The van der Waals surface area contributed by atoms with Crippen molar-refractivity contribution in [2.75, 3.05) is 13.2 Å². The highest BCUT2D eigenvalue weighted by Gasteiger charge is 2.23. The molecule has 0 radical (unpaired) electrons. The molecule has 1 fully saturated rings. The fourth-order valence-electron chi connectivity index (χ4n) is 2.07. The monoisotopic (exact) mass is 261 g/mol. The third kappa shape index (κ3) is 3.11. The molecule has 1 saturated heterocycles. The van der Waals surface area contributed by atoms with Gasteiger partial charge in [-0.15, -0.1) is 12.4 Å². The zero-order valence-electron chi connectivity index (χ0n) is 9.06. The molecule has 0 saturated carbocycles. The molecule has 90 valence electrons. The van der Waals surface area contributed by atoms with E-state index < -0.39 is 0 Å². The molecule has 0 spiro atoms. The molecular weight excluding hydrogens is 245 g/mol. The molecule has 0 aliphatic carbocycles. The van der Waals surface area contributed by atoms with Crippen LogP contribution in [0.15, 0.2) is 24.3 Å². The molecule has 1 atom stereocenters. The number of hydrogen-bond acceptors (Lipinski definition) is 2. The summed E-state index contributed by atoms with van der Waals surface area (Å²) in [7, 11) is 0. The Hall–Kier alpha value is -0.280. The van der Waals surface area contributed by atoms with Gasteiger partial charge in [0.25, 0.3) is 0 Å². The Bertz CT molecular complexity index is 327. The summed E-state index contributed by atoms with van der Waals surface area (Å²) >= 11 is 6.13. The van der Waals surface area contributed by atoms with E-state index in [0.29, 0.717) is 5.92 Å². The highest BCUT2D eigenvalue weighted by Crippen LogP contribution is 2.31. The maximum atomic E-state index is 6.23. The molecule has 1 heterocycles. The minimum atomic E-state index is 0. The van der Waals surface area contributed by atoms with E-state index in [0.717, 1.165) is 36.6 Å². The van der Waals surface area contributed by atoms with Gasteiger partial charge in [0.15, 0.2) is 0 Å². The predicted molar refractivity (Wildman–Crippen MR) is 69.2 cm³/mol. The molecule has 0 amide bonds. The van der Waals surface area contributed by atoms with Crippen LogP contribution in [-0.4, -0.2) is 13.2 Å². The lowest BCUT2D eigenvalue weighted by Crippen LogP contribution is -2.27. The maximum Gasteiger partial charge on any atom is 0.0469 e. The first kappa shape index (κ1) is 13.8. The summed E-state index contributed by atoms with van der Waals surface area (Å²) in [6, 6.07) is 7.88. The lowest BCUT2D eigenvalue weighted by atomic mass is 9.88. The van der Waals surface area contributed by atoms with Gasteiger partial charge >= 0.3 is 0 Å². The minimum absolute atomic E-state index is 0. The summed E-state index contributed by atoms with van der Waals surface area (Å²) in [5.74, 6) is 0.499. The standard InChI is InChI=1S/C12H16ClNO.ClH/c13-11-4-2-1-3-10(11)12(14)9-5-7-15-8-6-9;/h1-4,9,12H,5-8,14H2;1H/t12-;/m1./s1. The second-order valence-electron chi connectivity index (χ2n) is 4.00. The summed E-state index contributed by atoms with van der Waals surface area (Å²) in [5, 5.41) is 0.775. The highest BCUT2D eigenvalue weighted by atomic mass is 35.5. The number of ether oxygens (including phenoxy) is 1. The van der Waals surface area contributed by atoms with Crippen LogP contribution in [0.25, 0.3) is 0 Å². The molecule has 1 aromatic rings. The predicted octanol–water partition coefficient (Wildman–Crippen LogP) is 3.19. The second-order valence-corrected chi connectivity index (χ2v) is 4.40. The average Bonchev–Trinajstić information content (AvgIpc) is 2.30. The number of nitrogens with two attached hydrogens (primary N) is 1. The van der Waals surface area contributed by atoms with Crippen LogP contribution in [0.1, 0.15) is 24.4 Å². The molecule has 2 nitrogen and oxygen atoms in total. The summed E-state index contributed by atoms with van der Waals surface area (Å²) in [6.07, 6.45) is 2.07. The Balaban J connectivity index is 0.00000128. The van der Waals surface area contributed by atoms with E-state index in [1.54, 1.807) is 0 Å². The quantitative estimate of drug-likeness (QED) is 0.888. The minimum Gasteiger partial charge on any atom is -0.381 e. The number of rotatable bonds is 2. The van der Waals surface area contributed by atoms with E-state index in [-0.39, 0.29) is 18.4 Å². The van der Waals surface area contributed by atoms with E-state index in [9.17, 15) is 0 Å². The second kappa shape index (κ2) is 6.45. The van der Waals surface area contributed by atoms with Crippen molar-refractivity contribution in [2.24, 2.45) is 11.7 Å². The normalized spacial score (nSPS) is 18.9. The first-order valence-corrected chi connectivity index (χ1v) is 5.74. The van der Waals surface area contributed by atoms with Crippen LogP contribution in [-0.2, 0) is 4.74 Å². The Labute approximate surface area is 108 Å². The zero-order chi connectivity index (χ0) is 10.7. The van der Waals surface area contributed by atoms with Gasteiger partial charge in [0.05, 0.1) is 0 Å². The maximum absolute atomic E-state index is 6.23. The summed E-state index contributed by atoms with van der Waals surface area (Å²) in [4.78, 5) is 0. The number of benzene rings is 1. The number of hydrogen-bond donors (Lipinski definition) is 1. The van der Waals surface area contributed by atoms with Crippen molar-refractivity contribution in [1.82, 2.24) is 0 Å². The number of halogens is 2. The van der Waals surface area contributed by atoms with E-state index >= 15 is 0 Å². The molecule has 0 unspecified atom stereocenters. The fourth-order valence-corrected chi connectivity index (χ4v) is 2.34. The Morgan fingerprint density at radius 3 is 2.50 bits per heavy atom. The molecule has 1 aromatic carbocycles. The van der Waals surface area contributed by atoms with Gasteiger partial charge in [-0.05, 0) is 30.4 Å². The largest absolute Gasteiger partial charge is 0.381 e. The smallest absolute Gasteiger partial charge is 0.0469 e. The van der Waals surface area contributed by atoms with Crippen molar-refractivity contribution in [1.29, 1.82) is 0 Å². The van der Waals surface area contributed by atoms with Crippen LogP contribution >= 0.6 is 24.0 Å². The Kier molecular flexibility index (Phi) is 5.56. The summed E-state index contributed by atoms with van der Waals surface area (Å²) in [5.41, 5.74) is 7.29. The van der Waals surface area contributed by atoms with Gasteiger partial charge in [-0.25, -0.2) is 0 Å². The van der Waals surface area contributed by atoms with Crippen LogP contribution < -0.4 is 5.73 Å². The zero-order valence-corrected chi connectivity index (χ0v) is 10.6. The van der Waals surface area contributed by atoms with Crippen LogP contribution in [0.4, 0.5) is 0 Å². The van der Waals surface area contributed by atoms with E-state index in [4.69, 9.17) is 22.1 Å². The third-order valence-electron chi connectivity index (χ3n) is 3.04. The van der Waals surface area contributed by atoms with Gasteiger partial charge in [0.1, 0.15) is 0 Å². The van der Waals surface area contributed by atoms with Crippen molar-refractivity contribution in [2.45, 2.75) is 18.9 Å². The molecule has 0 bridgehead atoms. The van der Waals surface area contributed by atoms with E-state index in [1.807, 2.05) is 24.3 Å². The first-order chi connectivity index (χ1) is 7.29. The molecule has 4 heteroatoms. The highest BCUT2D eigenvalue weighted by molar-refractivity contribution is 6.31. The molecule has 16 heavy (non-hydrogen) atoms. The fraction of sp³-hybridized carbons (Fsp3) is 0.500. The van der Waals surface area contributed by atoms with Gasteiger partial charge in [0, 0.05) is 24.3 Å². The Morgan fingerprint density at radius 1 is 1.25 bits per heavy atom. The average molecular weight is 262 g/mol. The summed E-state index contributed by atoms with van der Waals surface area (Å²) in [6.45, 7) is 1.64. The Morgan fingerprint density at radius 2 is 1.88 bits per heavy atom. The van der Waals surface area contributed by atoms with Gasteiger partial charge in [0.2, 0.25) is 0 Å². The third-order valence-corrected chi connectivity index (χ3v) is 3.38. The van der Waals surface area contributed by atoms with Gasteiger partial charge in [-0.1, -0.05) is 29.8 Å². The van der Waals surface area contributed by atoms with Crippen molar-refractivity contribution in [3.63, 3.8) is 0 Å². The molecule has 1 aliphatic heterocycles. The molecule has 2 N–H and O–H groups in total.